The Labute approximate surface area is 135 Å². The summed E-state index contributed by atoms with van der Waals surface area (Å²) in [4.78, 5) is 1.97. The van der Waals surface area contributed by atoms with Crippen molar-refractivity contribution in [2.24, 2.45) is 0 Å². The molecular formula is C13H6BrCl2FS2. The second kappa shape index (κ2) is 5.34. The van der Waals surface area contributed by atoms with Gasteiger partial charge in [0.2, 0.25) is 0 Å². The van der Waals surface area contributed by atoms with Crippen LogP contribution in [0.3, 0.4) is 0 Å². The van der Waals surface area contributed by atoms with E-state index in [0.717, 1.165) is 23.6 Å². The first-order chi connectivity index (χ1) is 9.04. The van der Waals surface area contributed by atoms with Crippen molar-refractivity contribution in [2.75, 3.05) is 0 Å². The number of hydrogen-bond acceptors (Lipinski definition) is 2. The molecule has 0 amide bonds. The molecule has 2 aromatic heterocycles. The summed E-state index contributed by atoms with van der Waals surface area (Å²) in [6.07, 6.45) is 0. The average molecular weight is 396 g/mol. The van der Waals surface area contributed by atoms with Crippen LogP contribution in [0.25, 0.3) is 10.1 Å². The Morgan fingerprint density at radius 2 is 1.84 bits per heavy atom. The highest BCUT2D eigenvalue weighted by Crippen LogP contribution is 2.43. The van der Waals surface area contributed by atoms with Crippen LogP contribution >= 0.6 is 61.8 Å². The van der Waals surface area contributed by atoms with E-state index in [0.29, 0.717) is 5.02 Å². The van der Waals surface area contributed by atoms with E-state index in [1.807, 2.05) is 12.1 Å². The van der Waals surface area contributed by atoms with Crippen LogP contribution in [0.4, 0.5) is 4.39 Å². The molecule has 6 heteroatoms. The molecule has 1 unspecified atom stereocenters. The third kappa shape index (κ3) is 2.69. The third-order valence-electron chi connectivity index (χ3n) is 2.66. The quantitative estimate of drug-likeness (QED) is 0.416. The molecule has 0 bridgehead atoms. The highest BCUT2D eigenvalue weighted by Gasteiger charge is 2.18. The predicted octanol–water partition coefficient (Wildman–Crippen LogP) is 6.85. The van der Waals surface area contributed by atoms with E-state index in [4.69, 9.17) is 23.2 Å². The fraction of sp³-hybridized carbons (Fsp3) is 0.0769. The van der Waals surface area contributed by atoms with Crippen LogP contribution < -0.4 is 0 Å². The van der Waals surface area contributed by atoms with Crippen LogP contribution in [0.5, 0.6) is 0 Å². The minimum absolute atomic E-state index is 0.228. The van der Waals surface area contributed by atoms with Crippen LogP contribution in [0, 0.1) is 5.82 Å². The van der Waals surface area contributed by atoms with Crippen molar-refractivity contribution in [1.29, 1.82) is 0 Å². The van der Waals surface area contributed by atoms with Crippen LogP contribution in [-0.4, -0.2) is 0 Å². The Bertz CT molecular complexity index is 731. The lowest BCUT2D eigenvalue weighted by Gasteiger charge is -2.02. The van der Waals surface area contributed by atoms with E-state index in [1.165, 1.54) is 34.8 Å². The smallest absolute Gasteiger partial charge is 0.124 e. The monoisotopic (exact) mass is 394 g/mol. The van der Waals surface area contributed by atoms with Gasteiger partial charge in [-0.05, 0) is 45.6 Å². The highest BCUT2D eigenvalue weighted by molar-refractivity contribution is 9.11. The van der Waals surface area contributed by atoms with Crippen molar-refractivity contribution in [3.63, 3.8) is 0 Å². The lowest BCUT2D eigenvalue weighted by Crippen LogP contribution is -1.84. The predicted molar refractivity (Wildman–Crippen MR) is 86.5 cm³/mol. The zero-order valence-corrected chi connectivity index (χ0v) is 14.0. The van der Waals surface area contributed by atoms with Crippen LogP contribution in [0.15, 0.2) is 34.1 Å². The first-order valence-corrected chi connectivity index (χ1v) is 8.56. The molecule has 0 aliphatic heterocycles. The van der Waals surface area contributed by atoms with Gasteiger partial charge in [0.25, 0.3) is 0 Å². The Morgan fingerprint density at radius 3 is 2.53 bits per heavy atom. The molecule has 3 aromatic rings. The van der Waals surface area contributed by atoms with Gasteiger partial charge in [0, 0.05) is 14.5 Å². The number of fused-ring (bicyclic) bond motifs is 1. The molecule has 0 radical (unpaired) electrons. The van der Waals surface area contributed by atoms with E-state index in [9.17, 15) is 4.39 Å². The molecule has 19 heavy (non-hydrogen) atoms. The molecule has 2 heterocycles. The van der Waals surface area contributed by atoms with Gasteiger partial charge >= 0.3 is 0 Å². The third-order valence-corrected chi connectivity index (χ3v) is 7.10. The highest BCUT2D eigenvalue weighted by atomic mass is 79.9. The lowest BCUT2D eigenvalue weighted by atomic mass is 10.2. The number of halogens is 4. The maximum Gasteiger partial charge on any atom is 0.124 e. The molecule has 3 rings (SSSR count). The maximum atomic E-state index is 13.2. The van der Waals surface area contributed by atoms with E-state index in [-0.39, 0.29) is 11.2 Å². The SMILES string of the molecule is Fc1ccc2cc(C(Cl)c3cc(Cl)c(Br)s3)sc2c1. The Kier molecular flexibility index (Phi) is 3.89. The number of hydrogen-bond donors (Lipinski definition) is 0. The van der Waals surface area contributed by atoms with Crippen molar-refractivity contribution in [1.82, 2.24) is 0 Å². The molecule has 0 fully saturated rings. The number of alkyl halides is 1. The molecule has 0 saturated carbocycles. The number of rotatable bonds is 2. The Balaban J connectivity index is 2.03. The largest absolute Gasteiger partial charge is 0.207 e. The van der Waals surface area contributed by atoms with Crippen molar-refractivity contribution >= 4 is 71.9 Å². The zero-order chi connectivity index (χ0) is 13.6. The summed E-state index contributed by atoms with van der Waals surface area (Å²) in [6.45, 7) is 0. The fourth-order valence-electron chi connectivity index (χ4n) is 1.78. The molecule has 0 N–H and O–H groups in total. The maximum absolute atomic E-state index is 13.2. The molecular weight excluding hydrogens is 390 g/mol. The molecule has 0 spiro atoms. The van der Waals surface area contributed by atoms with Crippen LogP contribution in [0.1, 0.15) is 15.1 Å². The van der Waals surface area contributed by atoms with E-state index < -0.39 is 0 Å². The molecule has 98 valence electrons. The molecule has 0 saturated heterocycles. The summed E-state index contributed by atoms with van der Waals surface area (Å²) in [5.41, 5.74) is 0. The summed E-state index contributed by atoms with van der Waals surface area (Å²) in [6, 6.07) is 8.62. The second-order valence-corrected chi connectivity index (χ2v) is 8.32. The summed E-state index contributed by atoms with van der Waals surface area (Å²) in [5.74, 6) is -0.228. The van der Waals surface area contributed by atoms with Crippen molar-refractivity contribution in [3.8, 4) is 0 Å². The summed E-state index contributed by atoms with van der Waals surface area (Å²) < 4.78 is 15.0. The van der Waals surface area contributed by atoms with E-state index >= 15 is 0 Å². The van der Waals surface area contributed by atoms with E-state index in [2.05, 4.69) is 15.9 Å². The van der Waals surface area contributed by atoms with Gasteiger partial charge in [0.1, 0.15) is 11.2 Å². The standard InChI is InChI=1S/C13H6BrCl2FS2/c14-13-8(15)5-11(19-13)12(16)10-3-6-1-2-7(17)4-9(6)18-10/h1-5,12H. The molecule has 1 atom stereocenters. The normalized spacial score (nSPS) is 13.1. The van der Waals surface area contributed by atoms with Crippen molar-refractivity contribution in [2.45, 2.75) is 5.38 Å². The van der Waals surface area contributed by atoms with Gasteiger partial charge in [0.05, 0.1) is 8.81 Å². The number of benzene rings is 1. The molecule has 0 aliphatic carbocycles. The van der Waals surface area contributed by atoms with Crippen LogP contribution in [0.2, 0.25) is 5.02 Å². The number of thiophene rings is 2. The topological polar surface area (TPSA) is 0 Å². The van der Waals surface area contributed by atoms with Gasteiger partial charge in [-0.25, -0.2) is 4.39 Å². The van der Waals surface area contributed by atoms with Gasteiger partial charge in [0.15, 0.2) is 0 Å². The van der Waals surface area contributed by atoms with Gasteiger partial charge in [-0.15, -0.1) is 34.3 Å². The van der Waals surface area contributed by atoms with Gasteiger partial charge in [-0.2, -0.15) is 0 Å². The Hall–Kier alpha value is -0.130. The summed E-state index contributed by atoms with van der Waals surface area (Å²) in [5, 5.41) is 1.42. The first kappa shape index (κ1) is 13.8. The average Bonchev–Trinajstić information content (AvgIpc) is 2.92. The minimum Gasteiger partial charge on any atom is -0.207 e. The first-order valence-electron chi connectivity index (χ1n) is 5.32. The lowest BCUT2D eigenvalue weighted by molar-refractivity contribution is 0.630. The van der Waals surface area contributed by atoms with Crippen LogP contribution in [-0.2, 0) is 0 Å². The van der Waals surface area contributed by atoms with Crippen molar-refractivity contribution in [3.05, 3.63) is 54.7 Å². The summed E-state index contributed by atoms with van der Waals surface area (Å²) in [7, 11) is 0. The van der Waals surface area contributed by atoms with Gasteiger partial charge in [-0.1, -0.05) is 17.7 Å². The zero-order valence-electron chi connectivity index (χ0n) is 9.29. The van der Waals surface area contributed by atoms with Gasteiger partial charge < -0.3 is 0 Å². The van der Waals surface area contributed by atoms with E-state index in [1.54, 1.807) is 6.07 Å². The molecule has 1 aromatic carbocycles. The summed E-state index contributed by atoms with van der Waals surface area (Å²) >= 11 is 18.9. The van der Waals surface area contributed by atoms with Gasteiger partial charge in [-0.3, -0.25) is 0 Å². The fourth-order valence-corrected chi connectivity index (χ4v) is 5.08. The minimum atomic E-state index is -0.255. The molecule has 0 aliphatic rings. The second-order valence-electron chi connectivity index (χ2n) is 3.96. The Morgan fingerprint density at radius 1 is 1.11 bits per heavy atom. The molecule has 0 nitrogen and oxygen atoms in total. The van der Waals surface area contributed by atoms with Crippen molar-refractivity contribution < 1.29 is 4.39 Å².